The summed E-state index contributed by atoms with van der Waals surface area (Å²) in [5.74, 6) is 0.936. The molecule has 2 fully saturated rings. The number of aromatic nitrogens is 3. The number of anilines is 3. The number of fused-ring (bicyclic) bond motifs is 2. The van der Waals surface area contributed by atoms with E-state index in [2.05, 4.69) is 28.0 Å². The second kappa shape index (κ2) is 13.6. The Hall–Kier alpha value is -4.94. The molecule has 12 heteroatoms. The number of benzene rings is 1. The first-order valence-corrected chi connectivity index (χ1v) is 15.2. The highest BCUT2D eigenvalue weighted by Gasteiger charge is 2.27. The fourth-order valence-corrected chi connectivity index (χ4v) is 6.22. The number of amides is 1. The molecule has 12 nitrogen and oxygen atoms in total. The minimum absolute atomic E-state index is 0. The van der Waals surface area contributed by atoms with Gasteiger partial charge in [-0.25, -0.2) is 4.98 Å². The summed E-state index contributed by atoms with van der Waals surface area (Å²) in [6, 6.07) is 9.54. The Morgan fingerprint density at radius 2 is 1.78 bits per heavy atom. The minimum atomic E-state index is -0.213. The third kappa shape index (κ3) is 6.01. The number of rotatable bonds is 6. The number of carbonyl (C=O) groups excluding carboxylic acids is 1. The topological polar surface area (TPSA) is 150 Å². The summed E-state index contributed by atoms with van der Waals surface area (Å²) in [7, 11) is 3.54. The lowest BCUT2D eigenvalue weighted by Crippen LogP contribution is -2.36. The lowest BCUT2D eigenvalue weighted by molar-refractivity contribution is 0.0815. The van der Waals surface area contributed by atoms with Gasteiger partial charge in [0.2, 0.25) is 17.0 Å². The van der Waals surface area contributed by atoms with Crippen molar-refractivity contribution in [3.05, 3.63) is 77.4 Å². The molecule has 1 aromatic carbocycles. The Labute approximate surface area is 266 Å². The Balaban J connectivity index is 0.00000136. The standard InChI is InChI=1S/C32H34N6O5.C2H4.H2O/c1-19-14-21(8-9-23(19)24-18-42-29-26(39)16-27(43-28(24)29)37-10-12-41-13-11-37)34-32-33-17-20-15-25(31(40)36(2)3)38(30(20)35-32)22-6-4-5-7-22;1-2;/h8-9,14-18,22H,4-7,10-13H2,1-3H3,(H,33,34,35);1-2H2;1H2. The monoisotopic (exact) mass is 628 g/mol. The number of nitrogens with zero attached hydrogens (tertiary/aromatic N) is 5. The summed E-state index contributed by atoms with van der Waals surface area (Å²) in [5.41, 5.74) is 5.22. The summed E-state index contributed by atoms with van der Waals surface area (Å²) in [5, 5.41) is 4.19. The first-order chi connectivity index (χ1) is 21.9. The Morgan fingerprint density at radius 1 is 1.04 bits per heavy atom. The van der Waals surface area contributed by atoms with Crippen LogP contribution in [0.1, 0.15) is 47.8 Å². The van der Waals surface area contributed by atoms with Gasteiger partial charge in [-0.2, -0.15) is 4.98 Å². The van der Waals surface area contributed by atoms with Gasteiger partial charge in [0.1, 0.15) is 17.6 Å². The van der Waals surface area contributed by atoms with E-state index in [4.69, 9.17) is 18.6 Å². The molecule has 46 heavy (non-hydrogen) atoms. The Morgan fingerprint density at radius 3 is 2.48 bits per heavy atom. The second-order valence-electron chi connectivity index (χ2n) is 11.5. The summed E-state index contributed by atoms with van der Waals surface area (Å²) in [6.45, 7) is 10.5. The molecule has 0 bridgehead atoms. The first-order valence-electron chi connectivity index (χ1n) is 15.2. The molecule has 0 unspecified atom stereocenters. The molecule has 0 atom stereocenters. The third-order valence-corrected chi connectivity index (χ3v) is 8.42. The number of ether oxygens (including phenoxy) is 1. The maximum atomic E-state index is 13.0. The van der Waals surface area contributed by atoms with E-state index in [-0.39, 0.29) is 28.4 Å². The van der Waals surface area contributed by atoms with Crippen molar-refractivity contribution in [2.45, 2.75) is 38.6 Å². The normalized spacial score (nSPS) is 15.0. The van der Waals surface area contributed by atoms with Gasteiger partial charge in [0, 0.05) is 50.5 Å². The maximum absolute atomic E-state index is 13.0. The zero-order valence-electron chi connectivity index (χ0n) is 26.5. The number of aryl methyl sites for hydroxylation is 1. The predicted molar refractivity (Wildman–Crippen MR) is 179 cm³/mol. The molecule has 1 aliphatic carbocycles. The first kappa shape index (κ1) is 32.5. The van der Waals surface area contributed by atoms with Crippen LogP contribution < -0.4 is 15.6 Å². The Bertz CT molecular complexity index is 1910. The molecule has 1 amide bonds. The number of furan rings is 1. The van der Waals surface area contributed by atoms with Crippen LogP contribution in [0.25, 0.3) is 33.3 Å². The van der Waals surface area contributed by atoms with Gasteiger partial charge in [-0.1, -0.05) is 18.9 Å². The average Bonchev–Trinajstić information content (AvgIpc) is 3.81. The highest BCUT2D eigenvalue weighted by atomic mass is 16.5. The molecule has 0 spiro atoms. The SMILES string of the molecule is C=C.Cc1cc(Nc2ncc3cc(C(=O)N(C)C)n(C4CCCC4)c3n2)ccc1-c1coc2c(=O)cc(N3CCOCC3)oc12.O. The molecule has 5 heterocycles. The van der Waals surface area contributed by atoms with Crippen LogP contribution in [0, 0.1) is 6.92 Å². The van der Waals surface area contributed by atoms with Crippen LogP contribution in [0.3, 0.4) is 0 Å². The van der Waals surface area contributed by atoms with Gasteiger partial charge >= 0.3 is 0 Å². The van der Waals surface area contributed by atoms with E-state index in [1.807, 2.05) is 36.1 Å². The van der Waals surface area contributed by atoms with Crippen LogP contribution in [0.2, 0.25) is 0 Å². The van der Waals surface area contributed by atoms with Gasteiger partial charge in [0.15, 0.2) is 11.5 Å². The van der Waals surface area contributed by atoms with Gasteiger partial charge in [0.25, 0.3) is 5.91 Å². The number of carbonyl (C=O) groups is 1. The summed E-state index contributed by atoms with van der Waals surface area (Å²) >= 11 is 0. The van der Waals surface area contributed by atoms with Crippen molar-refractivity contribution < 1.29 is 23.8 Å². The maximum Gasteiger partial charge on any atom is 0.270 e. The highest BCUT2D eigenvalue weighted by Crippen LogP contribution is 2.36. The van der Waals surface area contributed by atoms with Crippen molar-refractivity contribution in [2.24, 2.45) is 0 Å². The molecular formula is C34H40N6O6. The molecule has 7 rings (SSSR count). The largest absolute Gasteiger partial charge is 0.456 e. The van der Waals surface area contributed by atoms with Crippen molar-refractivity contribution in [1.82, 2.24) is 19.4 Å². The van der Waals surface area contributed by atoms with Crippen molar-refractivity contribution >= 4 is 45.6 Å². The molecule has 4 aromatic heterocycles. The van der Waals surface area contributed by atoms with E-state index in [9.17, 15) is 9.59 Å². The van der Waals surface area contributed by atoms with Crippen molar-refractivity contribution in [1.29, 1.82) is 0 Å². The number of hydrogen-bond acceptors (Lipinski definition) is 9. The predicted octanol–water partition coefficient (Wildman–Crippen LogP) is 5.48. The number of hydrogen-bond donors (Lipinski definition) is 1. The number of nitrogens with one attached hydrogen (secondary N) is 1. The van der Waals surface area contributed by atoms with Gasteiger partial charge in [-0.3, -0.25) is 9.59 Å². The van der Waals surface area contributed by atoms with Gasteiger partial charge in [-0.15, -0.1) is 13.2 Å². The van der Waals surface area contributed by atoms with E-state index in [0.717, 1.165) is 59.1 Å². The zero-order chi connectivity index (χ0) is 31.7. The zero-order valence-corrected chi connectivity index (χ0v) is 26.5. The fourth-order valence-electron chi connectivity index (χ4n) is 6.22. The highest BCUT2D eigenvalue weighted by molar-refractivity contribution is 5.98. The minimum Gasteiger partial charge on any atom is -0.456 e. The summed E-state index contributed by atoms with van der Waals surface area (Å²) in [4.78, 5) is 38.9. The summed E-state index contributed by atoms with van der Waals surface area (Å²) in [6.07, 6.45) is 7.70. The van der Waals surface area contributed by atoms with Crippen molar-refractivity contribution in [3.8, 4) is 11.1 Å². The van der Waals surface area contributed by atoms with Gasteiger partial charge < -0.3 is 38.7 Å². The van der Waals surface area contributed by atoms with Crippen LogP contribution in [-0.4, -0.2) is 71.2 Å². The molecule has 242 valence electrons. The molecule has 2 aliphatic rings. The van der Waals surface area contributed by atoms with Crippen LogP contribution in [-0.2, 0) is 4.74 Å². The van der Waals surface area contributed by atoms with Crippen LogP contribution in [0.5, 0.6) is 0 Å². The average molecular weight is 629 g/mol. The fraction of sp³-hybridized carbons (Fsp3) is 0.353. The molecule has 1 saturated heterocycles. The van der Waals surface area contributed by atoms with E-state index in [1.54, 1.807) is 31.5 Å². The smallest absolute Gasteiger partial charge is 0.270 e. The molecular weight excluding hydrogens is 588 g/mol. The molecule has 3 N–H and O–H groups in total. The lowest BCUT2D eigenvalue weighted by atomic mass is 10.0. The van der Waals surface area contributed by atoms with Gasteiger partial charge in [-0.05, 0) is 49.1 Å². The second-order valence-corrected chi connectivity index (χ2v) is 11.5. The van der Waals surface area contributed by atoms with E-state index in [1.165, 1.54) is 6.07 Å². The van der Waals surface area contributed by atoms with Crippen molar-refractivity contribution in [3.63, 3.8) is 0 Å². The van der Waals surface area contributed by atoms with Crippen molar-refractivity contribution in [2.75, 3.05) is 50.6 Å². The van der Waals surface area contributed by atoms with E-state index in [0.29, 0.717) is 49.4 Å². The van der Waals surface area contributed by atoms with Crippen LogP contribution in [0.4, 0.5) is 17.5 Å². The quantitative estimate of drug-likeness (QED) is 0.241. The van der Waals surface area contributed by atoms with Crippen LogP contribution in [0.15, 0.2) is 69.6 Å². The molecule has 5 aromatic rings. The van der Waals surface area contributed by atoms with E-state index < -0.39 is 0 Å². The van der Waals surface area contributed by atoms with Gasteiger partial charge in [0.05, 0.1) is 24.8 Å². The molecule has 1 saturated carbocycles. The molecule has 1 aliphatic heterocycles. The molecule has 0 radical (unpaired) electrons. The Kier molecular flexibility index (Phi) is 9.59. The third-order valence-electron chi connectivity index (χ3n) is 8.42. The van der Waals surface area contributed by atoms with Crippen LogP contribution >= 0.6 is 0 Å². The lowest BCUT2D eigenvalue weighted by Gasteiger charge is -2.26. The van der Waals surface area contributed by atoms with E-state index >= 15 is 0 Å². The number of morpholine rings is 1. The summed E-state index contributed by atoms with van der Waals surface area (Å²) < 4.78 is 19.4.